The summed E-state index contributed by atoms with van der Waals surface area (Å²) < 4.78 is 0. The maximum atomic E-state index is 11.0. The highest BCUT2D eigenvalue weighted by molar-refractivity contribution is 5.73. The van der Waals surface area contributed by atoms with E-state index in [0.717, 1.165) is 11.3 Å². The molecule has 0 saturated carbocycles. The van der Waals surface area contributed by atoms with Gasteiger partial charge in [0.1, 0.15) is 6.04 Å². The van der Waals surface area contributed by atoms with E-state index in [1.807, 2.05) is 24.3 Å². The van der Waals surface area contributed by atoms with Crippen molar-refractivity contribution in [3.05, 3.63) is 29.8 Å². The van der Waals surface area contributed by atoms with Gasteiger partial charge < -0.3 is 10.4 Å². The van der Waals surface area contributed by atoms with Crippen LogP contribution in [0.5, 0.6) is 0 Å². The van der Waals surface area contributed by atoms with E-state index in [9.17, 15) is 4.79 Å². The zero-order valence-corrected chi connectivity index (χ0v) is 11.7. The molecule has 0 bridgehead atoms. The zero-order chi connectivity index (χ0) is 15.0. The predicted molar refractivity (Wildman–Crippen MR) is 74.8 cm³/mol. The van der Waals surface area contributed by atoms with Gasteiger partial charge in [-0.05, 0) is 17.7 Å². The highest BCUT2D eigenvalue weighted by Gasteiger charge is 2.11. The zero-order valence-electron chi connectivity index (χ0n) is 11.7. The molecule has 1 atom stereocenters. The summed E-state index contributed by atoms with van der Waals surface area (Å²) in [6.07, 6.45) is 0.417. The van der Waals surface area contributed by atoms with Crippen LogP contribution in [-0.4, -0.2) is 37.3 Å². The Morgan fingerprint density at radius 3 is 2.90 bits per heavy atom. The van der Waals surface area contributed by atoms with Crippen LogP contribution in [0.1, 0.15) is 12.5 Å². The molecule has 0 aromatic heterocycles. The highest BCUT2D eigenvalue weighted by Crippen LogP contribution is 2.17. The number of amides is 1. The molecular formula is C14H19N3O3. The number of carbonyl (C=O) groups excluding carboxylic acids is 1. The molecule has 1 unspecified atom stereocenters. The number of nitrogens with one attached hydrogen (secondary N) is 1. The molecule has 108 valence electrons. The Morgan fingerprint density at radius 1 is 1.60 bits per heavy atom. The van der Waals surface area contributed by atoms with Crippen molar-refractivity contribution < 1.29 is 14.7 Å². The molecule has 1 amide bonds. The van der Waals surface area contributed by atoms with Gasteiger partial charge in [-0.3, -0.25) is 14.7 Å². The van der Waals surface area contributed by atoms with Gasteiger partial charge in [0.25, 0.3) is 0 Å². The highest BCUT2D eigenvalue weighted by atomic mass is 16.7. The molecule has 20 heavy (non-hydrogen) atoms. The van der Waals surface area contributed by atoms with Crippen LogP contribution in [0.15, 0.2) is 24.3 Å². The van der Waals surface area contributed by atoms with Gasteiger partial charge >= 0.3 is 0 Å². The molecule has 6 heteroatoms. The number of hydroxylamine groups is 1. The number of nitrogens with zero attached hydrogens (tertiary/aromatic N) is 2. The van der Waals surface area contributed by atoms with Gasteiger partial charge in [0.15, 0.2) is 0 Å². The average molecular weight is 277 g/mol. The first-order valence-electron chi connectivity index (χ1n) is 6.29. The van der Waals surface area contributed by atoms with Crippen LogP contribution < -0.4 is 10.4 Å². The van der Waals surface area contributed by atoms with E-state index >= 15 is 0 Å². The molecule has 0 fully saturated rings. The van der Waals surface area contributed by atoms with Gasteiger partial charge in [-0.2, -0.15) is 5.26 Å². The van der Waals surface area contributed by atoms with Gasteiger partial charge in [-0.1, -0.05) is 12.1 Å². The number of carbonyl (C=O) groups is 1. The topological polar surface area (TPSA) is 85.6 Å². The number of nitriles is 1. The molecular weight excluding hydrogens is 258 g/mol. The molecule has 1 aromatic carbocycles. The molecule has 0 heterocycles. The van der Waals surface area contributed by atoms with E-state index in [1.54, 1.807) is 5.06 Å². The fourth-order valence-electron chi connectivity index (χ4n) is 1.87. The molecule has 0 aliphatic rings. The second-order valence-electron chi connectivity index (χ2n) is 4.26. The Labute approximate surface area is 118 Å². The van der Waals surface area contributed by atoms with Crippen LogP contribution >= 0.6 is 0 Å². The second-order valence-corrected chi connectivity index (χ2v) is 4.26. The van der Waals surface area contributed by atoms with Crippen molar-refractivity contribution in [1.82, 2.24) is 5.32 Å². The lowest BCUT2D eigenvalue weighted by Gasteiger charge is -2.21. The van der Waals surface area contributed by atoms with Crippen LogP contribution in [0.3, 0.4) is 0 Å². The third-order valence-electron chi connectivity index (χ3n) is 2.70. The summed E-state index contributed by atoms with van der Waals surface area (Å²) in [5, 5.41) is 22.1. The van der Waals surface area contributed by atoms with Crippen LogP contribution in [0.2, 0.25) is 0 Å². The van der Waals surface area contributed by atoms with Crippen molar-refractivity contribution in [2.24, 2.45) is 0 Å². The van der Waals surface area contributed by atoms with Crippen LogP contribution in [0.4, 0.5) is 5.69 Å². The number of aliphatic hydroxyl groups is 1. The van der Waals surface area contributed by atoms with E-state index in [4.69, 9.17) is 15.2 Å². The van der Waals surface area contributed by atoms with Gasteiger partial charge in [-0.25, -0.2) is 0 Å². The van der Waals surface area contributed by atoms with Crippen molar-refractivity contribution in [2.75, 3.05) is 25.3 Å². The quantitative estimate of drug-likeness (QED) is 0.713. The van der Waals surface area contributed by atoms with Gasteiger partial charge in [0, 0.05) is 13.3 Å². The first-order valence-corrected chi connectivity index (χ1v) is 6.29. The first kappa shape index (κ1) is 16.0. The summed E-state index contributed by atoms with van der Waals surface area (Å²) in [6.45, 7) is 1.72. The summed E-state index contributed by atoms with van der Waals surface area (Å²) >= 11 is 0. The third kappa shape index (κ3) is 4.88. The molecule has 6 nitrogen and oxygen atoms in total. The summed E-state index contributed by atoms with van der Waals surface area (Å²) in [5.74, 6) is -0.230. The fourth-order valence-corrected chi connectivity index (χ4v) is 1.87. The number of rotatable bonds is 7. The minimum atomic E-state index is -0.559. The molecule has 1 aromatic rings. The van der Waals surface area contributed by atoms with Crippen LogP contribution in [0, 0.1) is 11.3 Å². The van der Waals surface area contributed by atoms with Crippen molar-refractivity contribution in [3.8, 4) is 6.07 Å². The molecule has 1 rings (SSSR count). The minimum Gasteiger partial charge on any atom is -0.394 e. The SMILES string of the molecule is CON(CCO)c1cccc(CC(C#N)NC(C)=O)c1. The summed E-state index contributed by atoms with van der Waals surface area (Å²) in [6, 6.07) is 8.93. The lowest BCUT2D eigenvalue weighted by molar-refractivity contribution is -0.119. The number of hydrogen-bond acceptors (Lipinski definition) is 5. The second kappa shape index (κ2) is 8.15. The average Bonchev–Trinajstić information content (AvgIpc) is 2.43. The standard InChI is InChI=1S/C14H19N3O3/c1-11(19)16-13(10-15)8-12-4-3-5-14(9-12)17(20-2)6-7-18/h3-5,9,13,18H,6-8H2,1-2H3,(H,16,19). The summed E-state index contributed by atoms with van der Waals surface area (Å²) in [7, 11) is 1.53. The van der Waals surface area contributed by atoms with Crippen LogP contribution in [-0.2, 0) is 16.1 Å². The van der Waals surface area contributed by atoms with E-state index < -0.39 is 6.04 Å². The van der Waals surface area contributed by atoms with Crippen molar-refractivity contribution in [1.29, 1.82) is 5.26 Å². The minimum absolute atomic E-state index is 0.0230. The molecule has 0 aliphatic heterocycles. The predicted octanol–water partition coefficient (Wildman–Crippen LogP) is 0.617. The van der Waals surface area contributed by atoms with E-state index in [2.05, 4.69) is 11.4 Å². The summed E-state index contributed by atoms with van der Waals surface area (Å²) in [4.78, 5) is 16.2. The Morgan fingerprint density at radius 2 is 2.35 bits per heavy atom. The van der Waals surface area contributed by atoms with Gasteiger partial charge in [-0.15, -0.1) is 0 Å². The lowest BCUT2D eigenvalue weighted by atomic mass is 10.1. The number of benzene rings is 1. The maximum absolute atomic E-state index is 11.0. The van der Waals surface area contributed by atoms with Crippen LogP contribution in [0.25, 0.3) is 0 Å². The van der Waals surface area contributed by atoms with Gasteiger partial charge in [0.05, 0.1) is 32.0 Å². The monoisotopic (exact) mass is 277 g/mol. The van der Waals surface area contributed by atoms with Crippen molar-refractivity contribution in [2.45, 2.75) is 19.4 Å². The molecule has 0 aliphatic carbocycles. The molecule has 0 saturated heterocycles. The largest absolute Gasteiger partial charge is 0.394 e. The number of hydrogen-bond donors (Lipinski definition) is 2. The fraction of sp³-hybridized carbons (Fsp3) is 0.429. The van der Waals surface area contributed by atoms with E-state index in [-0.39, 0.29) is 12.5 Å². The molecule has 0 spiro atoms. The maximum Gasteiger partial charge on any atom is 0.217 e. The Bertz CT molecular complexity index is 485. The smallest absolute Gasteiger partial charge is 0.217 e. The summed E-state index contributed by atoms with van der Waals surface area (Å²) in [5.41, 5.74) is 1.70. The first-order chi connectivity index (χ1) is 9.60. The number of aliphatic hydroxyl groups excluding tert-OH is 1. The van der Waals surface area contributed by atoms with Crippen molar-refractivity contribution in [3.63, 3.8) is 0 Å². The van der Waals surface area contributed by atoms with Crippen molar-refractivity contribution >= 4 is 11.6 Å². The molecule has 2 N–H and O–H groups in total. The Balaban J connectivity index is 2.81. The Hall–Kier alpha value is -2.10. The third-order valence-corrected chi connectivity index (χ3v) is 2.70. The van der Waals surface area contributed by atoms with E-state index in [1.165, 1.54) is 14.0 Å². The normalized spacial score (nSPS) is 11.5. The lowest BCUT2D eigenvalue weighted by Crippen LogP contribution is -2.33. The van der Waals surface area contributed by atoms with Gasteiger partial charge in [0.2, 0.25) is 5.91 Å². The Kier molecular flexibility index (Phi) is 6.50. The molecule has 0 radical (unpaired) electrons. The number of anilines is 1. The van der Waals surface area contributed by atoms with E-state index in [0.29, 0.717) is 13.0 Å².